The van der Waals surface area contributed by atoms with Crippen LogP contribution in [0.25, 0.3) is 0 Å². The predicted octanol–water partition coefficient (Wildman–Crippen LogP) is 2.31. The van der Waals surface area contributed by atoms with E-state index in [2.05, 4.69) is 0 Å². The van der Waals surface area contributed by atoms with Crippen molar-refractivity contribution in [3.8, 4) is 0 Å². The minimum atomic E-state index is -4.33. The Hall–Kier alpha value is -1.23. The molecule has 0 spiro atoms. The molecule has 0 saturated carbocycles. The van der Waals surface area contributed by atoms with Gasteiger partial charge in [0.05, 0.1) is 6.42 Å². The number of nitrogens with two attached hydrogens (primary N) is 1. The zero-order chi connectivity index (χ0) is 10.8. The SMILES string of the molecule is Cl.NC(=O)c1ccccc1CC(F)(F)F. The van der Waals surface area contributed by atoms with Gasteiger partial charge in [-0.3, -0.25) is 4.79 Å². The van der Waals surface area contributed by atoms with Crippen LogP contribution in [0.2, 0.25) is 0 Å². The van der Waals surface area contributed by atoms with Gasteiger partial charge in [-0.1, -0.05) is 18.2 Å². The lowest BCUT2D eigenvalue weighted by atomic mass is 10.0. The summed E-state index contributed by atoms with van der Waals surface area (Å²) in [5.74, 6) is -0.843. The third kappa shape index (κ3) is 4.20. The molecule has 1 amide bonds. The lowest BCUT2D eigenvalue weighted by Crippen LogP contribution is -2.18. The Kier molecular flexibility index (Phi) is 4.61. The van der Waals surface area contributed by atoms with Gasteiger partial charge in [-0.15, -0.1) is 12.4 Å². The number of halogens is 4. The zero-order valence-corrected chi connectivity index (χ0v) is 8.36. The molecule has 15 heavy (non-hydrogen) atoms. The normalized spacial score (nSPS) is 10.6. The van der Waals surface area contributed by atoms with Crippen molar-refractivity contribution in [3.05, 3.63) is 35.4 Å². The van der Waals surface area contributed by atoms with Crippen molar-refractivity contribution in [1.29, 1.82) is 0 Å². The van der Waals surface area contributed by atoms with Gasteiger partial charge in [0.25, 0.3) is 0 Å². The quantitative estimate of drug-likeness (QED) is 0.846. The molecular formula is C9H9ClF3NO. The third-order valence-electron chi connectivity index (χ3n) is 1.67. The number of rotatable bonds is 2. The fourth-order valence-electron chi connectivity index (χ4n) is 1.13. The molecule has 0 heterocycles. The number of carbonyl (C=O) groups is 1. The van der Waals surface area contributed by atoms with Crippen LogP contribution in [0.15, 0.2) is 24.3 Å². The van der Waals surface area contributed by atoms with Crippen LogP contribution < -0.4 is 5.73 Å². The Morgan fingerprint density at radius 1 is 1.27 bits per heavy atom. The van der Waals surface area contributed by atoms with E-state index in [1.807, 2.05) is 0 Å². The van der Waals surface area contributed by atoms with Crippen LogP contribution in [-0.2, 0) is 6.42 Å². The lowest BCUT2D eigenvalue weighted by Gasteiger charge is -2.08. The van der Waals surface area contributed by atoms with Crippen LogP contribution in [0.4, 0.5) is 13.2 Å². The fraction of sp³-hybridized carbons (Fsp3) is 0.222. The first-order valence-electron chi connectivity index (χ1n) is 3.84. The van der Waals surface area contributed by atoms with Crippen LogP contribution in [0, 0.1) is 0 Å². The Bertz CT molecular complexity index is 351. The van der Waals surface area contributed by atoms with Crippen molar-refractivity contribution in [2.75, 3.05) is 0 Å². The Balaban J connectivity index is 0.00000196. The number of benzene rings is 1. The van der Waals surface area contributed by atoms with Gasteiger partial charge >= 0.3 is 6.18 Å². The number of primary amides is 1. The number of alkyl halides is 3. The monoisotopic (exact) mass is 239 g/mol. The van der Waals surface area contributed by atoms with Gasteiger partial charge in [0.1, 0.15) is 0 Å². The van der Waals surface area contributed by atoms with E-state index in [4.69, 9.17) is 5.73 Å². The maximum Gasteiger partial charge on any atom is 0.393 e. The summed E-state index contributed by atoms with van der Waals surface area (Å²) in [6.07, 6.45) is -5.46. The molecule has 2 N–H and O–H groups in total. The highest BCUT2D eigenvalue weighted by Crippen LogP contribution is 2.23. The molecular weight excluding hydrogens is 231 g/mol. The van der Waals surface area contributed by atoms with Crippen LogP contribution in [0.3, 0.4) is 0 Å². The summed E-state index contributed by atoms with van der Waals surface area (Å²) in [6.45, 7) is 0. The van der Waals surface area contributed by atoms with Crippen molar-refractivity contribution in [2.45, 2.75) is 12.6 Å². The molecule has 0 saturated heterocycles. The van der Waals surface area contributed by atoms with E-state index in [1.54, 1.807) is 0 Å². The summed E-state index contributed by atoms with van der Waals surface area (Å²) < 4.78 is 36.1. The summed E-state index contributed by atoms with van der Waals surface area (Å²) >= 11 is 0. The summed E-state index contributed by atoms with van der Waals surface area (Å²) in [5, 5.41) is 0. The summed E-state index contributed by atoms with van der Waals surface area (Å²) in [5.41, 5.74) is 4.76. The van der Waals surface area contributed by atoms with E-state index in [0.29, 0.717) is 0 Å². The van der Waals surface area contributed by atoms with Crippen LogP contribution >= 0.6 is 12.4 Å². The van der Waals surface area contributed by atoms with Gasteiger partial charge in [-0.2, -0.15) is 13.2 Å². The second-order valence-electron chi connectivity index (χ2n) is 2.81. The predicted molar refractivity (Wildman–Crippen MR) is 52.0 cm³/mol. The van der Waals surface area contributed by atoms with Crippen molar-refractivity contribution in [3.63, 3.8) is 0 Å². The molecule has 84 valence electrons. The zero-order valence-electron chi connectivity index (χ0n) is 7.54. The highest BCUT2D eigenvalue weighted by Gasteiger charge is 2.29. The number of carbonyl (C=O) groups excluding carboxylic acids is 1. The standard InChI is InChI=1S/C9H8F3NO.ClH/c10-9(11,12)5-6-3-1-2-4-7(6)8(13)14;/h1-4H,5H2,(H2,13,14);1H. The Labute approximate surface area is 90.7 Å². The number of amides is 1. The highest BCUT2D eigenvalue weighted by atomic mass is 35.5. The van der Waals surface area contributed by atoms with E-state index >= 15 is 0 Å². The minimum absolute atomic E-state index is 0. The molecule has 0 aromatic heterocycles. The van der Waals surface area contributed by atoms with Crippen LogP contribution in [0.5, 0.6) is 0 Å². The minimum Gasteiger partial charge on any atom is -0.366 e. The lowest BCUT2D eigenvalue weighted by molar-refractivity contribution is -0.127. The topological polar surface area (TPSA) is 43.1 Å². The van der Waals surface area contributed by atoms with E-state index in [0.717, 1.165) is 0 Å². The first-order valence-corrected chi connectivity index (χ1v) is 3.84. The molecule has 0 radical (unpaired) electrons. The average molecular weight is 240 g/mol. The maximum atomic E-state index is 12.0. The molecule has 1 aromatic carbocycles. The van der Waals surface area contributed by atoms with E-state index in [1.165, 1.54) is 24.3 Å². The van der Waals surface area contributed by atoms with Crippen molar-refractivity contribution >= 4 is 18.3 Å². The molecule has 0 bridgehead atoms. The van der Waals surface area contributed by atoms with Gasteiger partial charge in [-0.25, -0.2) is 0 Å². The van der Waals surface area contributed by atoms with Gasteiger partial charge in [-0.05, 0) is 11.6 Å². The summed E-state index contributed by atoms with van der Waals surface area (Å²) in [4.78, 5) is 10.8. The molecule has 6 heteroatoms. The maximum absolute atomic E-state index is 12.0. The summed E-state index contributed by atoms with van der Waals surface area (Å²) in [7, 11) is 0. The highest BCUT2D eigenvalue weighted by molar-refractivity contribution is 5.94. The second kappa shape index (κ2) is 5.02. The van der Waals surface area contributed by atoms with Crippen molar-refractivity contribution < 1.29 is 18.0 Å². The fourth-order valence-corrected chi connectivity index (χ4v) is 1.13. The van der Waals surface area contributed by atoms with E-state index < -0.39 is 18.5 Å². The van der Waals surface area contributed by atoms with Crippen LogP contribution in [-0.4, -0.2) is 12.1 Å². The van der Waals surface area contributed by atoms with Gasteiger partial charge in [0, 0.05) is 5.56 Å². The summed E-state index contributed by atoms with van der Waals surface area (Å²) in [6, 6.07) is 5.43. The molecule has 1 aromatic rings. The third-order valence-corrected chi connectivity index (χ3v) is 1.67. The number of hydrogen-bond donors (Lipinski definition) is 1. The molecule has 1 rings (SSSR count). The molecule has 0 aliphatic rings. The molecule has 0 fully saturated rings. The first kappa shape index (κ1) is 13.8. The van der Waals surface area contributed by atoms with E-state index in [9.17, 15) is 18.0 Å². The van der Waals surface area contributed by atoms with Gasteiger partial charge in [0.15, 0.2) is 0 Å². The van der Waals surface area contributed by atoms with Crippen LogP contribution in [0.1, 0.15) is 15.9 Å². The molecule has 0 aliphatic heterocycles. The molecule has 0 unspecified atom stereocenters. The first-order chi connectivity index (χ1) is 6.40. The largest absolute Gasteiger partial charge is 0.393 e. The van der Waals surface area contributed by atoms with Crippen molar-refractivity contribution in [1.82, 2.24) is 0 Å². The Morgan fingerprint density at radius 2 is 1.80 bits per heavy atom. The second-order valence-corrected chi connectivity index (χ2v) is 2.81. The van der Waals surface area contributed by atoms with Crippen molar-refractivity contribution in [2.24, 2.45) is 5.73 Å². The van der Waals surface area contributed by atoms with Gasteiger partial charge in [0.2, 0.25) is 5.91 Å². The molecule has 2 nitrogen and oxygen atoms in total. The molecule has 0 aliphatic carbocycles. The van der Waals surface area contributed by atoms with E-state index in [-0.39, 0.29) is 23.5 Å². The smallest absolute Gasteiger partial charge is 0.366 e. The average Bonchev–Trinajstić information content (AvgIpc) is 2.01. The van der Waals surface area contributed by atoms with Gasteiger partial charge < -0.3 is 5.73 Å². The Morgan fingerprint density at radius 3 is 2.27 bits per heavy atom. The number of hydrogen-bond acceptors (Lipinski definition) is 1. The molecule has 0 atom stereocenters.